The number of fused-ring (bicyclic) bond motifs is 1. The van der Waals surface area contributed by atoms with E-state index >= 15 is 0 Å². The lowest BCUT2D eigenvalue weighted by Gasteiger charge is -2.07. The molecule has 0 unspecified atom stereocenters. The van der Waals surface area contributed by atoms with Crippen LogP contribution in [0, 0.1) is 5.82 Å². The molecular weight excluding hydrogens is 227 g/mol. The number of aliphatic hydroxyl groups is 1. The van der Waals surface area contributed by atoms with Gasteiger partial charge < -0.3 is 15.9 Å². The molecule has 0 aliphatic carbocycles. The number of rotatable bonds is 2. The van der Waals surface area contributed by atoms with Gasteiger partial charge >= 0.3 is 5.97 Å². The molecule has 0 saturated heterocycles. The van der Waals surface area contributed by atoms with Crippen molar-refractivity contribution in [2.24, 2.45) is 0 Å². The Kier molecular flexibility index (Phi) is 2.64. The summed E-state index contributed by atoms with van der Waals surface area (Å²) in [7, 11) is 0. The number of carbonyl (C=O) groups is 1. The molecule has 6 heteroatoms. The van der Waals surface area contributed by atoms with Gasteiger partial charge in [-0.3, -0.25) is 0 Å². The van der Waals surface area contributed by atoms with Crippen molar-refractivity contribution in [3.63, 3.8) is 0 Å². The average molecular weight is 236 g/mol. The van der Waals surface area contributed by atoms with Crippen molar-refractivity contribution in [2.75, 3.05) is 5.73 Å². The summed E-state index contributed by atoms with van der Waals surface area (Å²) in [4.78, 5) is 14.7. The number of hydrogen-bond acceptors (Lipinski definition) is 4. The van der Waals surface area contributed by atoms with Crippen LogP contribution in [0.2, 0.25) is 0 Å². The number of aliphatic hydroxyl groups excluding tert-OH is 1. The molecule has 2 rings (SSSR count). The third-order valence-corrected chi connectivity index (χ3v) is 2.40. The molecule has 1 aromatic heterocycles. The second-order valence-electron chi connectivity index (χ2n) is 3.52. The third kappa shape index (κ3) is 1.90. The lowest BCUT2D eigenvalue weighted by molar-refractivity contribution is 0.0692. The second kappa shape index (κ2) is 3.99. The van der Waals surface area contributed by atoms with Crippen molar-refractivity contribution in [1.29, 1.82) is 0 Å². The summed E-state index contributed by atoms with van der Waals surface area (Å²) in [6.07, 6.45) is 0. The number of carboxylic acid groups (broad SMARTS) is 1. The molecule has 0 aliphatic rings. The van der Waals surface area contributed by atoms with E-state index < -0.39 is 17.3 Å². The summed E-state index contributed by atoms with van der Waals surface area (Å²) in [5.74, 6) is -2.11. The Morgan fingerprint density at radius 3 is 2.71 bits per heavy atom. The van der Waals surface area contributed by atoms with E-state index in [-0.39, 0.29) is 17.9 Å². The summed E-state index contributed by atoms with van der Waals surface area (Å²) in [5, 5.41) is 18.3. The highest BCUT2D eigenvalue weighted by molar-refractivity contribution is 5.95. The molecule has 0 spiro atoms. The van der Waals surface area contributed by atoms with Crippen LogP contribution in [0.25, 0.3) is 10.9 Å². The molecule has 4 N–H and O–H groups in total. The van der Waals surface area contributed by atoms with E-state index in [9.17, 15) is 9.18 Å². The van der Waals surface area contributed by atoms with Crippen molar-refractivity contribution in [2.45, 2.75) is 6.61 Å². The molecule has 0 fully saturated rings. The maximum Gasteiger partial charge on any atom is 0.338 e. The number of aromatic carboxylic acids is 1. The zero-order chi connectivity index (χ0) is 12.6. The largest absolute Gasteiger partial charge is 0.478 e. The fourth-order valence-corrected chi connectivity index (χ4v) is 1.63. The van der Waals surface area contributed by atoms with Gasteiger partial charge in [0.25, 0.3) is 0 Å². The SMILES string of the molecule is Nc1cc(CO)c2cc(C(=O)O)c(F)cc2n1. The Labute approximate surface area is 95.3 Å². The van der Waals surface area contributed by atoms with Crippen molar-refractivity contribution >= 4 is 22.7 Å². The highest BCUT2D eigenvalue weighted by atomic mass is 19.1. The second-order valence-corrected chi connectivity index (χ2v) is 3.52. The van der Waals surface area contributed by atoms with E-state index in [2.05, 4.69) is 4.98 Å². The summed E-state index contributed by atoms with van der Waals surface area (Å²) in [6, 6.07) is 3.56. The normalized spacial score (nSPS) is 10.7. The smallest absolute Gasteiger partial charge is 0.338 e. The van der Waals surface area contributed by atoms with Crippen LogP contribution in [-0.2, 0) is 6.61 Å². The Hall–Kier alpha value is -2.21. The van der Waals surface area contributed by atoms with Crippen molar-refractivity contribution < 1.29 is 19.4 Å². The van der Waals surface area contributed by atoms with Crippen LogP contribution >= 0.6 is 0 Å². The minimum Gasteiger partial charge on any atom is -0.478 e. The first-order valence-electron chi connectivity index (χ1n) is 4.75. The van der Waals surface area contributed by atoms with Gasteiger partial charge in [-0.05, 0) is 17.7 Å². The number of nitrogens with zero attached hydrogens (tertiary/aromatic N) is 1. The molecular formula is C11H9FN2O3. The number of carboxylic acids is 1. The number of hydrogen-bond donors (Lipinski definition) is 3. The van der Waals surface area contributed by atoms with Gasteiger partial charge in [-0.1, -0.05) is 0 Å². The predicted molar refractivity (Wildman–Crippen MR) is 59.0 cm³/mol. The molecule has 0 amide bonds. The van der Waals surface area contributed by atoms with Crippen molar-refractivity contribution in [3.8, 4) is 0 Å². The number of pyridine rings is 1. The minimum absolute atomic E-state index is 0.143. The first-order valence-corrected chi connectivity index (χ1v) is 4.75. The first-order chi connectivity index (χ1) is 8.02. The summed E-state index contributed by atoms with van der Waals surface area (Å²) >= 11 is 0. The van der Waals surface area contributed by atoms with E-state index in [0.29, 0.717) is 10.9 Å². The zero-order valence-electron chi connectivity index (χ0n) is 8.64. The van der Waals surface area contributed by atoms with E-state index in [1.807, 2.05) is 0 Å². The Morgan fingerprint density at radius 1 is 1.41 bits per heavy atom. The maximum atomic E-state index is 13.4. The average Bonchev–Trinajstić information content (AvgIpc) is 2.26. The monoisotopic (exact) mass is 236 g/mol. The van der Waals surface area contributed by atoms with Crippen molar-refractivity contribution in [3.05, 3.63) is 35.1 Å². The van der Waals surface area contributed by atoms with Gasteiger partial charge in [0.1, 0.15) is 11.6 Å². The maximum absolute atomic E-state index is 13.4. The summed E-state index contributed by atoms with van der Waals surface area (Å²) in [5.41, 5.74) is 5.66. The van der Waals surface area contributed by atoms with Crippen molar-refractivity contribution in [1.82, 2.24) is 4.98 Å². The molecule has 17 heavy (non-hydrogen) atoms. The molecule has 0 aliphatic heterocycles. The topological polar surface area (TPSA) is 96.4 Å². The number of benzene rings is 1. The summed E-state index contributed by atoms with van der Waals surface area (Å²) in [6.45, 7) is -0.325. The van der Waals surface area contributed by atoms with Gasteiger partial charge in [0.2, 0.25) is 0 Å². The highest BCUT2D eigenvalue weighted by Gasteiger charge is 2.14. The number of halogens is 1. The van der Waals surface area contributed by atoms with Gasteiger partial charge in [-0.25, -0.2) is 14.2 Å². The fourth-order valence-electron chi connectivity index (χ4n) is 1.63. The number of aromatic nitrogens is 1. The van der Waals surface area contributed by atoms with Crippen LogP contribution in [0.1, 0.15) is 15.9 Å². The number of anilines is 1. The molecule has 2 aromatic rings. The fraction of sp³-hybridized carbons (Fsp3) is 0.0909. The van der Waals surface area contributed by atoms with Crippen LogP contribution in [0.4, 0.5) is 10.2 Å². The number of nitrogens with two attached hydrogens (primary N) is 1. The van der Waals surface area contributed by atoms with E-state index in [1.54, 1.807) is 0 Å². The lowest BCUT2D eigenvalue weighted by atomic mass is 10.1. The Bertz CT molecular complexity index is 613. The van der Waals surface area contributed by atoms with Crippen LogP contribution in [0.5, 0.6) is 0 Å². The number of nitrogen functional groups attached to an aromatic ring is 1. The highest BCUT2D eigenvalue weighted by Crippen LogP contribution is 2.23. The third-order valence-electron chi connectivity index (χ3n) is 2.40. The first kappa shape index (κ1) is 11.3. The Balaban J connectivity index is 2.83. The molecule has 0 atom stereocenters. The van der Waals surface area contributed by atoms with Crippen LogP contribution in [0.15, 0.2) is 18.2 Å². The van der Waals surface area contributed by atoms with Crippen LogP contribution in [0.3, 0.4) is 0 Å². The predicted octanol–water partition coefficient (Wildman–Crippen LogP) is 1.15. The minimum atomic E-state index is -1.37. The summed E-state index contributed by atoms with van der Waals surface area (Å²) < 4.78 is 13.4. The quantitative estimate of drug-likeness (QED) is 0.726. The molecule has 0 saturated carbocycles. The zero-order valence-corrected chi connectivity index (χ0v) is 8.64. The van der Waals surface area contributed by atoms with Crippen LogP contribution < -0.4 is 5.73 Å². The molecule has 0 bridgehead atoms. The molecule has 1 heterocycles. The van der Waals surface area contributed by atoms with Gasteiger partial charge in [-0.15, -0.1) is 0 Å². The molecule has 0 radical (unpaired) electrons. The standard InChI is InChI=1S/C11H9FN2O3/c12-8-3-9-6(2-7(8)11(16)17)5(4-15)1-10(13)14-9/h1-3,15H,4H2,(H2,13,14)(H,16,17). The molecule has 1 aromatic carbocycles. The molecule has 88 valence electrons. The van der Waals surface area contributed by atoms with E-state index in [4.69, 9.17) is 15.9 Å². The van der Waals surface area contributed by atoms with Gasteiger partial charge in [0.15, 0.2) is 0 Å². The molecule has 5 nitrogen and oxygen atoms in total. The van der Waals surface area contributed by atoms with E-state index in [1.165, 1.54) is 6.07 Å². The Morgan fingerprint density at radius 2 is 2.12 bits per heavy atom. The van der Waals surface area contributed by atoms with E-state index in [0.717, 1.165) is 12.1 Å². The van der Waals surface area contributed by atoms with Gasteiger partial charge in [0.05, 0.1) is 17.7 Å². The van der Waals surface area contributed by atoms with Crippen LogP contribution in [-0.4, -0.2) is 21.2 Å². The lowest BCUT2D eigenvalue weighted by Crippen LogP contribution is -2.03. The van der Waals surface area contributed by atoms with Gasteiger partial charge in [-0.2, -0.15) is 0 Å². The van der Waals surface area contributed by atoms with Gasteiger partial charge in [0, 0.05) is 11.5 Å².